The Hall–Kier alpha value is -1.49. The lowest BCUT2D eigenvalue weighted by molar-refractivity contribution is 0.220. The van der Waals surface area contributed by atoms with E-state index in [0.29, 0.717) is 0 Å². The van der Waals surface area contributed by atoms with Gasteiger partial charge < -0.3 is 5.73 Å². The molecule has 1 fully saturated rings. The minimum absolute atomic E-state index is 0.354. The van der Waals surface area contributed by atoms with Crippen molar-refractivity contribution >= 4 is 5.65 Å². The molecular formula is C15H23N5. The first-order valence-corrected chi connectivity index (χ1v) is 7.52. The van der Waals surface area contributed by atoms with Gasteiger partial charge in [0.25, 0.3) is 0 Å². The van der Waals surface area contributed by atoms with Gasteiger partial charge >= 0.3 is 0 Å². The highest BCUT2D eigenvalue weighted by molar-refractivity contribution is 5.41. The second kappa shape index (κ2) is 4.81. The minimum atomic E-state index is -0.354. The molecule has 0 bridgehead atoms. The quantitative estimate of drug-likeness (QED) is 0.912. The number of hydrogen-bond donors (Lipinski definition) is 1. The molecule has 0 atom stereocenters. The molecule has 2 N–H and O–H groups in total. The van der Waals surface area contributed by atoms with Crippen LogP contribution >= 0.6 is 0 Å². The highest BCUT2D eigenvalue weighted by Gasteiger charge is 2.37. The Kier molecular flexibility index (Phi) is 3.24. The number of nitrogens with two attached hydrogens (primary N) is 1. The molecular weight excluding hydrogens is 250 g/mol. The largest absolute Gasteiger partial charge is 0.319 e. The molecule has 2 heterocycles. The molecule has 1 aliphatic rings. The van der Waals surface area contributed by atoms with E-state index in [2.05, 4.69) is 22.1 Å². The van der Waals surface area contributed by atoms with Gasteiger partial charge in [0, 0.05) is 11.8 Å². The third kappa shape index (κ3) is 2.10. The van der Waals surface area contributed by atoms with E-state index >= 15 is 0 Å². The Bertz CT molecular complexity index is 622. The van der Waals surface area contributed by atoms with E-state index in [4.69, 9.17) is 5.73 Å². The summed E-state index contributed by atoms with van der Waals surface area (Å²) < 4.78 is 2.03. The van der Waals surface area contributed by atoms with Crippen LogP contribution in [-0.4, -0.2) is 19.6 Å². The maximum atomic E-state index is 6.66. The fourth-order valence-electron chi connectivity index (χ4n) is 3.38. The molecule has 1 saturated carbocycles. The molecule has 1 aliphatic carbocycles. The third-order valence-corrected chi connectivity index (χ3v) is 4.71. The van der Waals surface area contributed by atoms with Crippen LogP contribution in [0.25, 0.3) is 5.65 Å². The molecule has 0 amide bonds. The monoisotopic (exact) mass is 273 g/mol. The highest BCUT2D eigenvalue weighted by atomic mass is 15.3. The van der Waals surface area contributed by atoms with E-state index in [-0.39, 0.29) is 5.54 Å². The Morgan fingerprint density at radius 2 is 2.00 bits per heavy atom. The van der Waals surface area contributed by atoms with E-state index in [9.17, 15) is 0 Å². The van der Waals surface area contributed by atoms with Gasteiger partial charge in [-0.1, -0.05) is 13.3 Å². The van der Waals surface area contributed by atoms with Gasteiger partial charge in [0.15, 0.2) is 11.5 Å². The zero-order chi connectivity index (χ0) is 14.3. The summed E-state index contributed by atoms with van der Waals surface area (Å²) in [5.41, 5.74) is 8.13. The van der Waals surface area contributed by atoms with Gasteiger partial charge in [0.05, 0.1) is 5.54 Å². The summed E-state index contributed by atoms with van der Waals surface area (Å²) in [7, 11) is 0. The standard InChI is InChI=1S/C15H23N5/c1-4-12-5-7-15(16,8-6-12)14-19-18-13-9-10(2)17-11(3)20(13)14/h9,12H,4-8,16H2,1-3H3. The summed E-state index contributed by atoms with van der Waals surface area (Å²) >= 11 is 0. The molecule has 3 rings (SSSR count). The molecule has 108 valence electrons. The smallest absolute Gasteiger partial charge is 0.164 e. The summed E-state index contributed by atoms with van der Waals surface area (Å²) in [6.45, 7) is 6.23. The number of aromatic nitrogens is 4. The van der Waals surface area contributed by atoms with Crippen molar-refractivity contribution in [2.24, 2.45) is 11.7 Å². The van der Waals surface area contributed by atoms with E-state index in [1.165, 1.54) is 19.3 Å². The van der Waals surface area contributed by atoms with Crippen LogP contribution in [0.15, 0.2) is 6.07 Å². The predicted molar refractivity (Wildman–Crippen MR) is 78.4 cm³/mol. The van der Waals surface area contributed by atoms with Crippen LogP contribution in [0.3, 0.4) is 0 Å². The molecule has 0 aliphatic heterocycles. The van der Waals surface area contributed by atoms with Gasteiger partial charge in [-0.25, -0.2) is 4.98 Å². The summed E-state index contributed by atoms with van der Waals surface area (Å²) in [6.07, 6.45) is 5.58. The molecule has 0 spiro atoms. The number of hydrogen-bond acceptors (Lipinski definition) is 4. The van der Waals surface area contributed by atoms with Gasteiger partial charge in [0.2, 0.25) is 0 Å². The van der Waals surface area contributed by atoms with Crippen molar-refractivity contribution in [2.75, 3.05) is 0 Å². The average Bonchev–Trinajstić information content (AvgIpc) is 2.84. The summed E-state index contributed by atoms with van der Waals surface area (Å²) in [4.78, 5) is 4.52. The van der Waals surface area contributed by atoms with Gasteiger partial charge in [-0.3, -0.25) is 4.40 Å². The van der Waals surface area contributed by atoms with E-state index in [1.807, 2.05) is 24.3 Å². The zero-order valence-corrected chi connectivity index (χ0v) is 12.6. The summed E-state index contributed by atoms with van der Waals surface area (Å²) in [5, 5.41) is 8.68. The van der Waals surface area contributed by atoms with Gasteiger partial charge in [0.1, 0.15) is 5.82 Å². The van der Waals surface area contributed by atoms with Crippen LogP contribution in [0, 0.1) is 19.8 Å². The van der Waals surface area contributed by atoms with Gasteiger partial charge in [-0.05, 0) is 45.4 Å². The van der Waals surface area contributed by atoms with Crippen LogP contribution in [-0.2, 0) is 5.54 Å². The third-order valence-electron chi connectivity index (χ3n) is 4.71. The molecule has 0 radical (unpaired) electrons. The van der Waals surface area contributed by atoms with Crippen LogP contribution in [0.1, 0.15) is 56.4 Å². The van der Waals surface area contributed by atoms with E-state index in [1.54, 1.807) is 0 Å². The maximum Gasteiger partial charge on any atom is 0.164 e. The molecule has 2 aromatic heterocycles. The number of nitrogens with zero attached hydrogens (tertiary/aromatic N) is 4. The lowest BCUT2D eigenvalue weighted by atomic mass is 9.76. The molecule has 0 unspecified atom stereocenters. The lowest BCUT2D eigenvalue weighted by Crippen LogP contribution is -2.42. The van der Waals surface area contributed by atoms with Crippen LogP contribution < -0.4 is 5.73 Å². The zero-order valence-electron chi connectivity index (χ0n) is 12.6. The Morgan fingerprint density at radius 1 is 1.30 bits per heavy atom. The van der Waals surface area contributed by atoms with Crippen molar-refractivity contribution < 1.29 is 0 Å². The first-order valence-electron chi connectivity index (χ1n) is 7.52. The lowest BCUT2D eigenvalue weighted by Gasteiger charge is -2.35. The average molecular weight is 273 g/mol. The molecule has 20 heavy (non-hydrogen) atoms. The Morgan fingerprint density at radius 3 is 2.65 bits per heavy atom. The van der Waals surface area contributed by atoms with Crippen molar-refractivity contribution in [1.82, 2.24) is 19.6 Å². The van der Waals surface area contributed by atoms with Crippen molar-refractivity contribution in [3.63, 3.8) is 0 Å². The number of fused-ring (bicyclic) bond motifs is 1. The molecule has 5 nitrogen and oxygen atoms in total. The van der Waals surface area contributed by atoms with Crippen molar-refractivity contribution in [2.45, 2.75) is 58.4 Å². The van der Waals surface area contributed by atoms with Crippen molar-refractivity contribution in [1.29, 1.82) is 0 Å². The van der Waals surface area contributed by atoms with Crippen molar-refractivity contribution in [3.05, 3.63) is 23.4 Å². The minimum Gasteiger partial charge on any atom is -0.319 e. The summed E-state index contributed by atoms with van der Waals surface area (Å²) in [5.74, 6) is 2.61. The normalized spacial score (nSPS) is 27.1. The first kappa shape index (κ1) is 13.5. The maximum absolute atomic E-state index is 6.66. The van der Waals surface area contributed by atoms with Gasteiger partial charge in [-0.15, -0.1) is 10.2 Å². The van der Waals surface area contributed by atoms with Crippen molar-refractivity contribution in [3.8, 4) is 0 Å². The fraction of sp³-hybridized carbons (Fsp3) is 0.667. The molecule has 0 saturated heterocycles. The highest BCUT2D eigenvalue weighted by Crippen LogP contribution is 2.38. The molecule has 2 aromatic rings. The number of aryl methyl sites for hydroxylation is 2. The SMILES string of the molecule is CCC1CCC(N)(c2nnc3cc(C)nc(C)n23)CC1. The molecule has 0 aromatic carbocycles. The first-order chi connectivity index (χ1) is 9.53. The number of rotatable bonds is 2. The Labute approximate surface area is 119 Å². The van der Waals surface area contributed by atoms with Crippen LogP contribution in [0.2, 0.25) is 0 Å². The van der Waals surface area contributed by atoms with E-state index in [0.717, 1.165) is 41.7 Å². The van der Waals surface area contributed by atoms with E-state index < -0.39 is 0 Å². The second-order valence-electron chi connectivity index (χ2n) is 6.17. The van der Waals surface area contributed by atoms with Gasteiger partial charge in [-0.2, -0.15) is 0 Å². The second-order valence-corrected chi connectivity index (χ2v) is 6.17. The fourth-order valence-corrected chi connectivity index (χ4v) is 3.38. The van der Waals surface area contributed by atoms with Crippen LogP contribution in [0.4, 0.5) is 0 Å². The Balaban J connectivity index is 2.02. The predicted octanol–water partition coefficient (Wildman–Crippen LogP) is 2.50. The topological polar surface area (TPSA) is 69.1 Å². The summed E-state index contributed by atoms with van der Waals surface area (Å²) in [6, 6.07) is 1.96. The van der Waals surface area contributed by atoms with Crippen LogP contribution in [0.5, 0.6) is 0 Å². The molecule has 5 heteroatoms.